The van der Waals surface area contributed by atoms with Crippen LogP contribution in [0.25, 0.3) is 28.0 Å². The highest BCUT2D eigenvalue weighted by molar-refractivity contribution is 5.97. The molecule has 5 aromatic rings. The van der Waals surface area contributed by atoms with E-state index in [2.05, 4.69) is 18.2 Å². The van der Waals surface area contributed by atoms with Crippen molar-refractivity contribution in [3.63, 3.8) is 0 Å². The van der Waals surface area contributed by atoms with Gasteiger partial charge in [-0.3, -0.25) is 4.79 Å². The molecule has 0 unspecified atom stereocenters. The van der Waals surface area contributed by atoms with E-state index in [0.717, 1.165) is 28.0 Å². The highest BCUT2D eigenvalue weighted by Crippen LogP contribution is 2.28. The number of hydrogen-bond acceptors (Lipinski definition) is 3. The predicted molar refractivity (Wildman–Crippen MR) is 122 cm³/mol. The number of rotatable bonds is 6. The summed E-state index contributed by atoms with van der Waals surface area (Å²) in [6.07, 6.45) is 4.05. The van der Waals surface area contributed by atoms with Crippen molar-refractivity contribution in [1.82, 2.24) is 9.38 Å². The predicted octanol–water partition coefficient (Wildman–Crippen LogP) is 5.93. The lowest BCUT2D eigenvalue weighted by Gasteiger charge is -2.08. The number of ether oxygens (including phenoxy) is 1. The Morgan fingerprint density at radius 3 is 2.23 bits per heavy atom. The molecule has 0 fully saturated rings. The summed E-state index contributed by atoms with van der Waals surface area (Å²) in [6.45, 7) is 0.0135. The van der Waals surface area contributed by atoms with Crippen LogP contribution in [0.4, 0.5) is 0 Å². The number of Topliss-reactive ketones (excluding diaryl/α,β-unsaturated/α-hetero) is 1. The maximum atomic E-state index is 12.2. The molecule has 0 aliphatic heterocycles. The van der Waals surface area contributed by atoms with Crippen LogP contribution in [0.3, 0.4) is 0 Å². The van der Waals surface area contributed by atoms with Gasteiger partial charge in [-0.25, -0.2) is 4.98 Å². The monoisotopic (exact) mass is 404 g/mol. The molecule has 0 radical (unpaired) electrons. The third-order valence-electron chi connectivity index (χ3n) is 5.18. The Balaban J connectivity index is 1.37. The lowest BCUT2D eigenvalue weighted by atomic mass is 10.1. The summed E-state index contributed by atoms with van der Waals surface area (Å²) < 4.78 is 7.73. The van der Waals surface area contributed by atoms with Crippen molar-refractivity contribution in [1.29, 1.82) is 0 Å². The molecule has 0 spiro atoms. The van der Waals surface area contributed by atoms with E-state index in [1.807, 2.05) is 83.5 Å². The Morgan fingerprint density at radius 2 is 1.48 bits per heavy atom. The number of imidazole rings is 1. The summed E-state index contributed by atoms with van der Waals surface area (Å²) in [6, 6.07) is 31.2. The molecule has 0 atom stereocenters. The maximum Gasteiger partial charge on any atom is 0.200 e. The van der Waals surface area contributed by atoms with Gasteiger partial charge in [-0.2, -0.15) is 0 Å². The van der Waals surface area contributed by atoms with Gasteiger partial charge in [0.05, 0.1) is 5.69 Å². The van der Waals surface area contributed by atoms with Crippen molar-refractivity contribution in [3.8, 4) is 28.1 Å². The number of aromatic nitrogens is 2. The van der Waals surface area contributed by atoms with E-state index in [9.17, 15) is 4.79 Å². The molecule has 4 nitrogen and oxygen atoms in total. The van der Waals surface area contributed by atoms with E-state index in [4.69, 9.17) is 9.72 Å². The molecule has 150 valence electrons. The number of fused-ring (bicyclic) bond motifs is 1. The molecule has 0 aliphatic carbocycles. The van der Waals surface area contributed by atoms with E-state index in [1.54, 1.807) is 12.1 Å². The second-order valence-electron chi connectivity index (χ2n) is 7.25. The Morgan fingerprint density at radius 1 is 0.774 bits per heavy atom. The fraction of sp³-hybridized carbons (Fsp3) is 0.0370. The first-order valence-electron chi connectivity index (χ1n) is 10.1. The largest absolute Gasteiger partial charge is 0.485 e. The van der Waals surface area contributed by atoms with Crippen molar-refractivity contribution in [3.05, 3.63) is 115 Å². The first-order valence-corrected chi connectivity index (χ1v) is 10.1. The van der Waals surface area contributed by atoms with E-state index < -0.39 is 0 Å². The lowest BCUT2D eigenvalue weighted by Crippen LogP contribution is -2.11. The molecule has 0 bridgehead atoms. The molecule has 5 rings (SSSR count). The van der Waals surface area contributed by atoms with Crippen LogP contribution >= 0.6 is 0 Å². The molecule has 0 saturated carbocycles. The molecule has 2 heterocycles. The molecule has 3 aromatic carbocycles. The van der Waals surface area contributed by atoms with Crippen molar-refractivity contribution < 1.29 is 9.53 Å². The van der Waals surface area contributed by atoms with Crippen LogP contribution in [0, 0.1) is 0 Å². The second-order valence-corrected chi connectivity index (χ2v) is 7.25. The van der Waals surface area contributed by atoms with Crippen molar-refractivity contribution >= 4 is 11.4 Å². The SMILES string of the molecule is O=C(COc1ccc(-c2cccn3cc(-c4ccccc4)nc23)cc1)c1ccccc1. The van der Waals surface area contributed by atoms with Crippen LogP contribution in [0.2, 0.25) is 0 Å². The van der Waals surface area contributed by atoms with Crippen LogP contribution in [0.1, 0.15) is 10.4 Å². The van der Waals surface area contributed by atoms with Gasteiger partial charge in [-0.15, -0.1) is 0 Å². The van der Waals surface area contributed by atoms with Gasteiger partial charge in [-0.05, 0) is 29.8 Å². The molecule has 2 aromatic heterocycles. The zero-order valence-electron chi connectivity index (χ0n) is 16.8. The van der Waals surface area contributed by atoms with Gasteiger partial charge in [0.15, 0.2) is 12.4 Å². The average molecular weight is 404 g/mol. The first-order chi connectivity index (χ1) is 15.3. The minimum atomic E-state index is -0.0414. The van der Waals surface area contributed by atoms with Crippen LogP contribution in [0.15, 0.2) is 109 Å². The highest BCUT2D eigenvalue weighted by Gasteiger charge is 2.10. The van der Waals surface area contributed by atoms with Crippen LogP contribution in [-0.4, -0.2) is 21.8 Å². The Labute approximate surface area is 180 Å². The summed E-state index contributed by atoms with van der Waals surface area (Å²) in [7, 11) is 0. The zero-order valence-corrected chi connectivity index (χ0v) is 16.8. The number of carbonyl (C=O) groups excluding carboxylic acids is 1. The molecule has 0 saturated heterocycles. The highest BCUT2D eigenvalue weighted by atomic mass is 16.5. The van der Waals surface area contributed by atoms with Gasteiger partial charge < -0.3 is 9.14 Å². The molecule has 0 amide bonds. The van der Waals surface area contributed by atoms with E-state index in [0.29, 0.717) is 11.3 Å². The molecular formula is C27H20N2O2. The molecule has 4 heteroatoms. The summed E-state index contributed by atoms with van der Waals surface area (Å²) in [5.74, 6) is 0.619. The normalized spacial score (nSPS) is 10.8. The smallest absolute Gasteiger partial charge is 0.200 e. The molecule has 31 heavy (non-hydrogen) atoms. The number of pyridine rings is 1. The third kappa shape index (κ3) is 3.96. The lowest BCUT2D eigenvalue weighted by molar-refractivity contribution is 0.0921. The van der Waals surface area contributed by atoms with E-state index in [1.165, 1.54) is 0 Å². The average Bonchev–Trinajstić information content (AvgIpc) is 3.29. The minimum absolute atomic E-state index is 0.0135. The second kappa shape index (κ2) is 8.28. The fourth-order valence-corrected chi connectivity index (χ4v) is 3.57. The van der Waals surface area contributed by atoms with Gasteiger partial charge >= 0.3 is 0 Å². The molecular weight excluding hydrogens is 384 g/mol. The van der Waals surface area contributed by atoms with Crippen LogP contribution in [0.5, 0.6) is 5.75 Å². The Bertz CT molecular complexity index is 1320. The summed E-state index contributed by atoms with van der Waals surface area (Å²) >= 11 is 0. The van der Waals surface area contributed by atoms with Gasteiger partial charge in [0, 0.05) is 29.1 Å². The molecule has 0 aliphatic rings. The number of ketones is 1. The maximum absolute atomic E-state index is 12.2. The van der Waals surface area contributed by atoms with Crippen LogP contribution < -0.4 is 4.74 Å². The standard InChI is InChI=1S/C27H20N2O2/c30-26(22-10-5-2-6-11-22)19-31-23-15-13-20(14-16-23)24-12-7-17-29-18-25(28-27(24)29)21-8-3-1-4-9-21/h1-18H,19H2. The quantitative estimate of drug-likeness (QED) is 0.330. The zero-order chi connectivity index (χ0) is 21.0. The van der Waals surface area contributed by atoms with Crippen LogP contribution in [-0.2, 0) is 0 Å². The first kappa shape index (κ1) is 18.8. The van der Waals surface area contributed by atoms with Crippen molar-refractivity contribution in [2.45, 2.75) is 0 Å². The molecule has 0 N–H and O–H groups in total. The Kier molecular flexibility index (Phi) is 5.03. The fourth-order valence-electron chi connectivity index (χ4n) is 3.57. The summed E-state index contributed by atoms with van der Waals surface area (Å²) in [5.41, 5.74) is 5.65. The van der Waals surface area contributed by atoms with Crippen molar-refractivity contribution in [2.75, 3.05) is 6.61 Å². The number of hydrogen-bond donors (Lipinski definition) is 0. The van der Waals surface area contributed by atoms with Gasteiger partial charge in [0.1, 0.15) is 11.4 Å². The third-order valence-corrected chi connectivity index (χ3v) is 5.18. The Hall–Kier alpha value is -4.18. The van der Waals surface area contributed by atoms with Gasteiger partial charge in [-0.1, -0.05) is 72.8 Å². The van der Waals surface area contributed by atoms with Gasteiger partial charge in [0.25, 0.3) is 0 Å². The summed E-state index contributed by atoms with van der Waals surface area (Å²) in [4.78, 5) is 17.1. The van der Waals surface area contributed by atoms with E-state index in [-0.39, 0.29) is 12.4 Å². The number of carbonyl (C=O) groups is 1. The number of nitrogens with zero attached hydrogens (tertiary/aromatic N) is 2. The summed E-state index contributed by atoms with van der Waals surface area (Å²) in [5, 5.41) is 0. The number of benzene rings is 3. The topological polar surface area (TPSA) is 43.6 Å². The van der Waals surface area contributed by atoms with Crippen molar-refractivity contribution in [2.24, 2.45) is 0 Å². The van der Waals surface area contributed by atoms with Gasteiger partial charge in [0.2, 0.25) is 0 Å². The van der Waals surface area contributed by atoms with E-state index >= 15 is 0 Å². The minimum Gasteiger partial charge on any atom is -0.485 e.